The Balaban J connectivity index is 1.20. The summed E-state index contributed by atoms with van der Waals surface area (Å²) in [6.45, 7) is 7.22. The van der Waals surface area contributed by atoms with Crippen LogP contribution in [0.2, 0.25) is 0 Å². The zero-order chi connectivity index (χ0) is 25.1. The molecule has 0 aliphatic carbocycles. The fourth-order valence-corrected chi connectivity index (χ4v) is 5.85. The van der Waals surface area contributed by atoms with E-state index in [1.807, 2.05) is 30.3 Å². The lowest BCUT2D eigenvalue weighted by Crippen LogP contribution is -2.51. The second-order valence-electron chi connectivity index (χ2n) is 9.99. The summed E-state index contributed by atoms with van der Waals surface area (Å²) in [5, 5.41) is 12.0. The van der Waals surface area contributed by atoms with Crippen LogP contribution in [0, 0.1) is 19.1 Å². The number of para-hydroxylation sites is 1. The lowest BCUT2D eigenvalue weighted by Gasteiger charge is -2.44. The van der Waals surface area contributed by atoms with E-state index in [1.165, 1.54) is 11.9 Å². The van der Waals surface area contributed by atoms with E-state index in [-0.39, 0.29) is 5.91 Å². The van der Waals surface area contributed by atoms with E-state index < -0.39 is 0 Å². The number of aromatic nitrogens is 2. The summed E-state index contributed by atoms with van der Waals surface area (Å²) < 4.78 is 0.793. The van der Waals surface area contributed by atoms with Gasteiger partial charge >= 0.3 is 0 Å². The number of likely N-dealkylation sites (tertiary alicyclic amines) is 2. The summed E-state index contributed by atoms with van der Waals surface area (Å²) in [6, 6.07) is 17.4. The van der Waals surface area contributed by atoms with Gasteiger partial charge in [0.2, 0.25) is 5.69 Å². The molecule has 7 nitrogen and oxygen atoms in total. The first-order valence-corrected chi connectivity index (χ1v) is 13.0. The number of carbonyl (C=O) groups is 1. The first kappa shape index (κ1) is 24.3. The molecular weight excluding hydrogens is 450 g/mol. The smallest absolute Gasteiger partial charge is 0.260 e. The van der Waals surface area contributed by atoms with Gasteiger partial charge in [0.05, 0.1) is 11.9 Å². The monoisotopic (exact) mass is 485 g/mol. The van der Waals surface area contributed by atoms with Gasteiger partial charge in [0.15, 0.2) is 6.20 Å². The molecule has 0 saturated carbocycles. The van der Waals surface area contributed by atoms with Crippen LogP contribution in [-0.2, 0) is 0 Å². The van der Waals surface area contributed by atoms with Crippen molar-refractivity contribution in [3.8, 4) is 0 Å². The Hall–Kier alpha value is -3.45. The van der Waals surface area contributed by atoms with Crippen LogP contribution in [0.4, 0.5) is 11.4 Å². The summed E-state index contributed by atoms with van der Waals surface area (Å²) in [6.07, 6.45) is 9.39. The minimum absolute atomic E-state index is 0.0117. The highest BCUT2D eigenvalue weighted by Crippen LogP contribution is 2.32. The van der Waals surface area contributed by atoms with E-state index in [0.29, 0.717) is 23.3 Å². The molecule has 0 spiro atoms. The highest BCUT2D eigenvalue weighted by Gasteiger charge is 2.33. The molecule has 2 aliphatic heterocycles. The molecule has 1 amide bonds. The summed E-state index contributed by atoms with van der Waals surface area (Å²) in [5.74, 6) is -0.0117. The highest BCUT2D eigenvalue weighted by atomic mass is 16.5. The lowest BCUT2D eigenvalue weighted by molar-refractivity contribution is -0.612. The lowest BCUT2D eigenvalue weighted by atomic mass is 9.95. The number of rotatable bonds is 5. The molecule has 1 aromatic carbocycles. The van der Waals surface area contributed by atoms with Gasteiger partial charge in [-0.05, 0) is 62.4 Å². The van der Waals surface area contributed by atoms with Crippen LogP contribution in [0.3, 0.4) is 0 Å². The fourth-order valence-electron chi connectivity index (χ4n) is 5.85. The van der Waals surface area contributed by atoms with Crippen molar-refractivity contribution in [3.05, 3.63) is 89.1 Å². The minimum Gasteiger partial charge on any atom is -0.618 e. The second-order valence-corrected chi connectivity index (χ2v) is 9.99. The molecule has 2 saturated heterocycles. The van der Waals surface area contributed by atoms with E-state index in [4.69, 9.17) is 0 Å². The van der Waals surface area contributed by atoms with Gasteiger partial charge in [-0.15, -0.1) is 0 Å². The first-order valence-electron chi connectivity index (χ1n) is 13.0. The third-order valence-electron chi connectivity index (χ3n) is 7.85. The number of hydrogen-bond acceptors (Lipinski definition) is 5. The average molecular weight is 486 g/mol. The number of aryl methyl sites for hydroxylation is 1. The summed E-state index contributed by atoms with van der Waals surface area (Å²) in [7, 11) is 0. The Bertz CT molecular complexity index is 1130. The predicted molar refractivity (Wildman–Crippen MR) is 141 cm³/mol. The molecule has 3 aromatic rings. The molecule has 0 N–H and O–H groups in total. The van der Waals surface area contributed by atoms with Gasteiger partial charge in [-0.25, -0.2) is 0 Å². The molecule has 2 aliphatic rings. The second kappa shape index (κ2) is 10.7. The molecule has 7 heteroatoms. The molecule has 0 atom stereocenters. The van der Waals surface area contributed by atoms with Crippen LogP contribution in [0.5, 0.6) is 0 Å². The van der Waals surface area contributed by atoms with Crippen molar-refractivity contribution in [2.24, 2.45) is 0 Å². The van der Waals surface area contributed by atoms with Gasteiger partial charge in [-0.1, -0.05) is 18.2 Å². The number of pyridine rings is 2. The number of amides is 1. The molecule has 2 fully saturated rings. The number of nitrogens with zero attached hydrogens (tertiary/aromatic N) is 5. The normalized spacial score (nSPS) is 17.8. The van der Waals surface area contributed by atoms with E-state index in [2.05, 4.69) is 51.2 Å². The summed E-state index contributed by atoms with van der Waals surface area (Å²) in [4.78, 5) is 24.6. The third-order valence-corrected chi connectivity index (χ3v) is 7.85. The van der Waals surface area contributed by atoms with Crippen molar-refractivity contribution >= 4 is 17.3 Å². The van der Waals surface area contributed by atoms with Crippen LogP contribution >= 0.6 is 0 Å². The zero-order valence-electron chi connectivity index (χ0n) is 21.2. The Morgan fingerprint density at radius 1 is 0.944 bits per heavy atom. The standard InChI is InChI=1S/C29H35N5O2/c1-22-10-20-33(36)23(2)28(22)29(35)32-18-11-24(12-19-32)31-16-13-26(14-17-31)34(25-7-4-3-5-8-25)27-9-6-15-30-21-27/h3-10,15,20-21,24,26H,11-14,16-19H2,1-2H3. The van der Waals surface area contributed by atoms with Crippen molar-refractivity contribution in [3.63, 3.8) is 0 Å². The molecular formula is C29H35N5O2. The number of piperidine rings is 2. The topological polar surface area (TPSA) is 66.6 Å². The number of anilines is 2. The Morgan fingerprint density at radius 3 is 2.31 bits per heavy atom. The van der Waals surface area contributed by atoms with Crippen molar-refractivity contribution in [1.29, 1.82) is 0 Å². The number of benzene rings is 1. The SMILES string of the molecule is Cc1cc[n+]([O-])c(C)c1C(=O)N1CCC(N2CCC(N(c3ccccc3)c3cccnc3)CC2)CC1. The Morgan fingerprint density at radius 2 is 1.64 bits per heavy atom. The van der Waals surface area contributed by atoms with Gasteiger partial charge in [0.1, 0.15) is 5.56 Å². The van der Waals surface area contributed by atoms with Crippen molar-refractivity contribution in [2.75, 3.05) is 31.1 Å². The number of hydrogen-bond donors (Lipinski definition) is 0. The predicted octanol–water partition coefficient (Wildman–Crippen LogP) is 4.24. The maximum Gasteiger partial charge on any atom is 0.260 e. The van der Waals surface area contributed by atoms with Crippen LogP contribution in [0.15, 0.2) is 67.1 Å². The maximum absolute atomic E-state index is 13.2. The van der Waals surface area contributed by atoms with Gasteiger partial charge in [-0.2, -0.15) is 4.73 Å². The molecule has 4 heterocycles. The third kappa shape index (κ3) is 4.93. The fraction of sp³-hybridized carbons (Fsp3) is 0.414. The molecule has 5 rings (SSSR count). The van der Waals surface area contributed by atoms with E-state index in [9.17, 15) is 10.0 Å². The van der Waals surface area contributed by atoms with Crippen LogP contribution < -0.4 is 9.63 Å². The molecule has 2 aromatic heterocycles. The molecule has 0 unspecified atom stereocenters. The largest absolute Gasteiger partial charge is 0.618 e. The quantitative estimate of drug-likeness (QED) is 0.400. The van der Waals surface area contributed by atoms with Crippen LogP contribution in [-0.4, -0.2) is 59.0 Å². The van der Waals surface area contributed by atoms with Gasteiger partial charge in [0, 0.05) is 63.1 Å². The van der Waals surface area contributed by atoms with Crippen molar-refractivity contribution < 1.29 is 9.52 Å². The molecule has 0 bridgehead atoms. The van der Waals surface area contributed by atoms with Gasteiger partial charge < -0.3 is 19.9 Å². The average Bonchev–Trinajstić information content (AvgIpc) is 2.93. The van der Waals surface area contributed by atoms with Crippen molar-refractivity contribution in [2.45, 2.75) is 51.6 Å². The molecule has 188 valence electrons. The summed E-state index contributed by atoms with van der Waals surface area (Å²) >= 11 is 0. The highest BCUT2D eigenvalue weighted by molar-refractivity contribution is 5.96. The molecule has 0 radical (unpaired) electrons. The van der Waals surface area contributed by atoms with Crippen LogP contribution in [0.1, 0.15) is 47.3 Å². The van der Waals surface area contributed by atoms with Crippen LogP contribution in [0.25, 0.3) is 0 Å². The zero-order valence-corrected chi connectivity index (χ0v) is 21.2. The molecule has 36 heavy (non-hydrogen) atoms. The maximum atomic E-state index is 13.2. The first-order chi connectivity index (χ1) is 17.5. The van der Waals surface area contributed by atoms with E-state index in [0.717, 1.165) is 67.8 Å². The Kier molecular flexibility index (Phi) is 7.18. The van der Waals surface area contributed by atoms with Gasteiger partial charge in [-0.3, -0.25) is 9.78 Å². The van der Waals surface area contributed by atoms with Crippen molar-refractivity contribution in [1.82, 2.24) is 14.8 Å². The number of carbonyl (C=O) groups excluding carboxylic acids is 1. The minimum atomic E-state index is -0.0117. The van der Waals surface area contributed by atoms with E-state index in [1.54, 1.807) is 13.0 Å². The van der Waals surface area contributed by atoms with Gasteiger partial charge in [0.25, 0.3) is 5.91 Å². The van der Waals surface area contributed by atoms with E-state index >= 15 is 0 Å². The summed E-state index contributed by atoms with van der Waals surface area (Å²) in [5.41, 5.74) is 4.26. The Labute approximate surface area is 213 Å².